The summed E-state index contributed by atoms with van der Waals surface area (Å²) in [4.78, 5) is 0. The van der Waals surface area contributed by atoms with Gasteiger partial charge in [0, 0.05) is 5.10 Å². The van der Waals surface area contributed by atoms with E-state index in [9.17, 15) is 0 Å². The molecule has 0 amide bonds. The number of hydrogen-bond acceptors (Lipinski definition) is 3. The van der Waals surface area contributed by atoms with E-state index in [4.69, 9.17) is 5.73 Å². The van der Waals surface area contributed by atoms with E-state index in [1.54, 1.807) is 9.45 Å². The number of nitrogens with two attached hydrogens (primary N) is 1. The number of aryl methyl sites for hydroxylation is 1. The van der Waals surface area contributed by atoms with Crippen LogP contribution in [0, 0.1) is 0 Å². The summed E-state index contributed by atoms with van der Waals surface area (Å²) >= 11 is 1.48. The third kappa shape index (κ3) is 0.866. The van der Waals surface area contributed by atoms with Gasteiger partial charge in [0.2, 0.25) is 5.82 Å². The van der Waals surface area contributed by atoms with Gasteiger partial charge >= 0.3 is 0 Å². The number of rotatable bonds is 0. The first kappa shape index (κ1) is 4.52. The summed E-state index contributed by atoms with van der Waals surface area (Å²) in [5.41, 5.74) is 5.26. The Kier molecular flexibility index (Phi) is 0.941. The molecule has 0 saturated heterocycles. The first-order chi connectivity index (χ1) is 3.29. The lowest BCUT2D eigenvalue weighted by molar-refractivity contribution is -0.662. The minimum atomic E-state index is 0.590. The molecule has 1 rings (SSSR count). The molecule has 0 aromatic carbocycles. The van der Waals surface area contributed by atoms with E-state index >= 15 is 0 Å². The molecule has 0 aliphatic carbocycles. The van der Waals surface area contributed by atoms with Gasteiger partial charge in [0.05, 0.1) is 0 Å². The zero-order valence-electron chi connectivity index (χ0n) is 3.96. The first-order valence-electron chi connectivity index (χ1n) is 1.87. The fourth-order valence-electron chi connectivity index (χ4n) is 0.340. The van der Waals surface area contributed by atoms with Crippen LogP contribution in [-0.2, 0) is 7.05 Å². The lowest BCUT2D eigenvalue weighted by atomic mass is 10.9. The van der Waals surface area contributed by atoms with Crippen LogP contribution < -0.4 is 9.81 Å². The third-order valence-electron chi connectivity index (χ3n) is 0.582. The maximum absolute atomic E-state index is 5.26. The quantitative estimate of drug-likeness (QED) is 0.466. The normalized spacial score (nSPS) is 9.29. The van der Waals surface area contributed by atoms with Gasteiger partial charge in [-0.3, -0.25) is 0 Å². The minimum Gasteiger partial charge on any atom is -0.378 e. The van der Waals surface area contributed by atoms with Crippen molar-refractivity contribution < 1.29 is 4.07 Å². The Balaban J connectivity index is 3.04. The van der Waals surface area contributed by atoms with E-state index < -0.39 is 0 Å². The van der Waals surface area contributed by atoms with Crippen molar-refractivity contribution in [2.45, 2.75) is 0 Å². The molecule has 0 unspecified atom stereocenters. The summed E-state index contributed by atoms with van der Waals surface area (Å²) in [6.45, 7) is 0. The van der Waals surface area contributed by atoms with Crippen molar-refractivity contribution in [2.75, 3.05) is 5.73 Å². The fraction of sp³-hybridized carbons (Fsp3) is 0.333. The predicted molar refractivity (Wildman–Crippen MR) is 27.7 cm³/mol. The number of hydrogen-bond donors (Lipinski definition) is 1. The first-order valence-corrected chi connectivity index (χ1v) is 2.70. The number of aromatic nitrogens is 2. The summed E-state index contributed by atoms with van der Waals surface area (Å²) in [7, 11) is 1.85. The Bertz CT molecular complexity index is 142. The van der Waals surface area contributed by atoms with Gasteiger partial charge < -0.3 is 5.73 Å². The lowest BCUT2D eigenvalue weighted by Crippen LogP contribution is -2.25. The highest BCUT2D eigenvalue weighted by molar-refractivity contribution is 6.99. The van der Waals surface area contributed by atoms with Crippen LogP contribution in [0.3, 0.4) is 0 Å². The maximum Gasteiger partial charge on any atom is 0.208 e. The average molecular weight is 116 g/mol. The zero-order chi connectivity index (χ0) is 5.28. The van der Waals surface area contributed by atoms with Crippen molar-refractivity contribution in [3.8, 4) is 0 Å². The fourth-order valence-corrected chi connectivity index (χ4v) is 0.789. The van der Waals surface area contributed by atoms with Gasteiger partial charge in [-0.15, -0.1) is 0 Å². The second-order valence-electron chi connectivity index (χ2n) is 1.21. The van der Waals surface area contributed by atoms with E-state index in [1.807, 2.05) is 7.05 Å². The SMILES string of the molecule is C[n+]1nc(N)cs1. The van der Waals surface area contributed by atoms with Crippen LogP contribution in [0.5, 0.6) is 0 Å². The van der Waals surface area contributed by atoms with Crippen LogP contribution >= 0.6 is 11.5 Å². The predicted octanol–water partition coefficient (Wildman–Crippen LogP) is -0.450. The molecule has 1 aromatic heterocycles. The van der Waals surface area contributed by atoms with E-state index in [0.29, 0.717) is 5.82 Å². The zero-order valence-corrected chi connectivity index (χ0v) is 4.77. The lowest BCUT2D eigenvalue weighted by Gasteiger charge is -1.64. The summed E-state index contributed by atoms with van der Waals surface area (Å²) in [6, 6.07) is 0. The molecule has 0 bridgehead atoms. The largest absolute Gasteiger partial charge is 0.378 e. The molecule has 0 radical (unpaired) electrons. The molecule has 0 saturated carbocycles. The van der Waals surface area contributed by atoms with Gasteiger partial charge in [0.1, 0.15) is 5.38 Å². The monoisotopic (exact) mass is 116 g/mol. The molecule has 0 atom stereocenters. The molecule has 1 aromatic rings. The average Bonchev–Trinajstić information content (AvgIpc) is 1.87. The smallest absolute Gasteiger partial charge is 0.208 e. The van der Waals surface area contributed by atoms with Crippen molar-refractivity contribution in [3.05, 3.63) is 5.38 Å². The Morgan fingerprint density at radius 2 is 2.71 bits per heavy atom. The molecule has 4 heteroatoms. The van der Waals surface area contributed by atoms with Crippen molar-refractivity contribution in [1.82, 2.24) is 5.10 Å². The molecular weight excluding hydrogens is 110 g/mol. The van der Waals surface area contributed by atoms with Gasteiger partial charge in [-0.25, -0.2) is 0 Å². The molecule has 0 aliphatic heterocycles. The Morgan fingerprint density at radius 3 is 2.86 bits per heavy atom. The number of anilines is 1. The summed E-state index contributed by atoms with van der Waals surface area (Å²) in [5.74, 6) is 0.590. The standard InChI is InChI=1S/C3H6N3S/c1-6-5-3(4)2-7-6/h2H,4H2,1H3/q+1. The molecule has 1 heterocycles. The van der Waals surface area contributed by atoms with Crippen LogP contribution in [0.1, 0.15) is 0 Å². The van der Waals surface area contributed by atoms with Crippen molar-refractivity contribution in [2.24, 2.45) is 7.05 Å². The molecule has 7 heavy (non-hydrogen) atoms. The topological polar surface area (TPSA) is 42.8 Å². The van der Waals surface area contributed by atoms with Crippen molar-refractivity contribution in [3.63, 3.8) is 0 Å². The molecule has 2 N–H and O–H groups in total. The molecule has 0 fully saturated rings. The Morgan fingerprint density at radius 1 is 2.00 bits per heavy atom. The highest BCUT2D eigenvalue weighted by Gasteiger charge is 1.95. The summed E-state index contributed by atoms with van der Waals surface area (Å²) in [5, 5.41) is 5.62. The van der Waals surface area contributed by atoms with Crippen molar-refractivity contribution in [1.29, 1.82) is 0 Å². The number of nitrogen functional groups attached to an aromatic ring is 1. The van der Waals surface area contributed by atoms with Crippen LogP contribution in [0.2, 0.25) is 0 Å². The second kappa shape index (κ2) is 1.46. The molecule has 0 spiro atoms. The van der Waals surface area contributed by atoms with E-state index in [2.05, 4.69) is 5.10 Å². The highest BCUT2D eigenvalue weighted by atomic mass is 32.1. The van der Waals surface area contributed by atoms with Crippen LogP contribution in [0.25, 0.3) is 0 Å². The molecule has 3 nitrogen and oxygen atoms in total. The van der Waals surface area contributed by atoms with E-state index in [1.165, 1.54) is 11.5 Å². The summed E-state index contributed by atoms with van der Waals surface area (Å²) in [6.07, 6.45) is 0. The van der Waals surface area contributed by atoms with Crippen molar-refractivity contribution >= 4 is 17.4 Å². The third-order valence-corrected chi connectivity index (χ3v) is 1.32. The Hall–Kier alpha value is -0.640. The maximum atomic E-state index is 5.26. The Labute approximate surface area is 45.5 Å². The molecule has 38 valence electrons. The second-order valence-corrected chi connectivity index (χ2v) is 2.19. The number of nitrogens with zero attached hydrogens (tertiary/aromatic N) is 2. The van der Waals surface area contributed by atoms with Crippen LogP contribution in [0.4, 0.5) is 5.82 Å². The van der Waals surface area contributed by atoms with Gasteiger partial charge in [-0.05, 0) is 4.07 Å². The molecule has 0 aliphatic rings. The van der Waals surface area contributed by atoms with Gasteiger partial charge in [-0.1, -0.05) is 0 Å². The van der Waals surface area contributed by atoms with Crippen LogP contribution in [-0.4, -0.2) is 5.10 Å². The van der Waals surface area contributed by atoms with E-state index in [-0.39, 0.29) is 0 Å². The summed E-state index contributed by atoms with van der Waals surface area (Å²) < 4.78 is 1.70. The van der Waals surface area contributed by atoms with Gasteiger partial charge in [-0.2, -0.15) is 0 Å². The van der Waals surface area contributed by atoms with E-state index in [0.717, 1.165) is 0 Å². The van der Waals surface area contributed by atoms with Gasteiger partial charge in [0.15, 0.2) is 18.6 Å². The van der Waals surface area contributed by atoms with Gasteiger partial charge in [0.25, 0.3) is 0 Å². The van der Waals surface area contributed by atoms with Crippen LogP contribution in [0.15, 0.2) is 5.38 Å². The minimum absolute atomic E-state index is 0.590. The molecular formula is C3H6N3S+. The highest BCUT2D eigenvalue weighted by Crippen LogP contribution is 1.91.